The highest BCUT2D eigenvalue weighted by atomic mass is 31.2. The van der Waals surface area contributed by atoms with Crippen LogP contribution in [0.5, 0.6) is 5.75 Å². The van der Waals surface area contributed by atoms with Crippen molar-refractivity contribution in [2.75, 3.05) is 45.2 Å². The van der Waals surface area contributed by atoms with Crippen molar-refractivity contribution in [2.45, 2.75) is 46.6 Å². The van der Waals surface area contributed by atoms with Crippen molar-refractivity contribution in [3.05, 3.63) is 72.2 Å². The molecule has 2 aromatic heterocycles. The minimum absolute atomic E-state index is 0.0393. The number of alkyl halides is 2. The molecule has 1 saturated heterocycles. The number of nitrogens with one attached hydrogen (secondary N) is 1. The molecule has 1 aliphatic rings. The van der Waals surface area contributed by atoms with Gasteiger partial charge in [-0.3, -0.25) is 9.20 Å². The number of benzene rings is 2. The maximum atomic E-state index is 13.4. The zero-order valence-electron chi connectivity index (χ0n) is 27.1. The van der Waals surface area contributed by atoms with E-state index in [0.29, 0.717) is 55.8 Å². The van der Waals surface area contributed by atoms with E-state index in [0.717, 1.165) is 41.8 Å². The first kappa shape index (κ1) is 34.6. The highest BCUT2D eigenvalue weighted by Crippen LogP contribution is 2.61. The molecule has 0 bridgehead atoms. The number of aryl methyl sites for hydroxylation is 1. The first-order chi connectivity index (χ1) is 22.6. The summed E-state index contributed by atoms with van der Waals surface area (Å²) < 4.78 is 44.5. The fourth-order valence-corrected chi connectivity index (χ4v) is 7.64. The molecule has 4 aromatic rings. The summed E-state index contributed by atoms with van der Waals surface area (Å²) in [4.78, 5) is 35.1. The van der Waals surface area contributed by atoms with Crippen LogP contribution in [0.3, 0.4) is 0 Å². The van der Waals surface area contributed by atoms with Crippen LogP contribution in [0.15, 0.2) is 61.1 Å². The Labute approximate surface area is 274 Å². The van der Waals surface area contributed by atoms with E-state index in [-0.39, 0.29) is 11.7 Å². The van der Waals surface area contributed by atoms with Crippen molar-refractivity contribution < 1.29 is 32.3 Å². The predicted octanol–water partition coefficient (Wildman–Crippen LogP) is 6.97. The van der Waals surface area contributed by atoms with Gasteiger partial charge in [0.15, 0.2) is 11.5 Å². The number of piperidine rings is 1. The lowest BCUT2D eigenvalue weighted by atomic mass is 9.94. The summed E-state index contributed by atoms with van der Waals surface area (Å²) in [6, 6.07) is 12.0. The Hall–Kier alpha value is -3.74. The molecule has 0 unspecified atom stereocenters. The highest BCUT2D eigenvalue weighted by Gasteiger charge is 2.50. The number of fused-ring (bicyclic) bond motifs is 1. The summed E-state index contributed by atoms with van der Waals surface area (Å²) in [7, 11) is -1.16. The maximum Gasteiger partial charge on any atom is 0.501 e. The van der Waals surface area contributed by atoms with Gasteiger partial charge in [-0.25, -0.2) is 9.97 Å². The van der Waals surface area contributed by atoms with E-state index in [1.165, 1.54) is 12.1 Å². The average molecular weight is 672 g/mol. The summed E-state index contributed by atoms with van der Waals surface area (Å²) >= 11 is 0. The number of anilines is 2. The first-order valence-electron chi connectivity index (χ1n) is 15.8. The van der Waals surface area contributed by atoms with Crippen LogP contribution >= 0.6 is 8.09 Å². The number of nitrogens with zero attached hydrogens (tertiary/aromatic N) is 5. The van der Waals surface area contributed by atoms with Gasteiger partial charge < -0.3 is 15.0 Å². The summed E-state index contributed by atoms with van der Waals surface area (Å²) in [5.41, 5.74) is 4.34. The van der Waals surface area contributed by atoms with Gasteiger partial charge in [0.05, 0.1) is 25.1 Å². The topological polar surface area (TPSA) is 114 Å². The molecule has 1 amide bonds. The van der Waals surface area contributed by atoms with Gasteiger partial charge >= 0.3 is 14.7 Å². The van der Waals surface area contributed by atoms with Gasteiger partial charge in [0, 0.05) is 55.9 Å². The molecule has 5 rings (SSSR count). The number of hydrogen-bond donors (Lipinski definition) is 2. The lowest BCUT2D eigenvalue weighted by Crippen LogP contribution is -2.37. The standard InChI is InChI=1S/C33H41F2N6O5P/c1-5-44-47(43,45-6-2)40-18-14-24(15-19-40)13-17-39(4)32(42)28-12-9-26(21-23(28)3)38-30-31-37-22-29(41(31)20-16-36-30)25-7-10-27(11-8-25)46-33(34)35/h7-12,16,20-22,24,33,43H,5-6,13-15,17-19H2,1-4H3/p+1. The fourth-order valence-electron chi connectivity index (χ4n) is 5.83. The molecular weight excluding hydrogens is 629 g/mol. The number of hydrogen-bond acceptors (Lipinski definition) is 9. The van der Waals surface area contributed by atoms with Gasteiger partial charge in [0.2, 0.25) is 0 Å². The Bertz CT molecular complexity index is 1640. The number of halogens is 2. The third-order valence-corrected chi connectivity index (χ3v) is 10.6. The molecule has 1 fully saturated rings. The second-order valence-corrected chi connectivity index (χ2v) is 13.5. The lowest BCUT2D eigenvalue weighted by Gasteiger charge is -2.33. The third kappa shape index (κ3) is 8.22. The molecule has 3 heterocycles. The Morgan fingerprint density at radius 3 is 2.45 bits per heavy atom. The number of amides is 1. The quantitative estimate of drug-likeness (QED) is 0.137. The largest absolute Gasteiger partial charge is 0.501 e. The van der Waals surface area contributed by atoms with E-state index in [2.05, 4.69) is 20.0 Å². The zero-order chi connectivity index (χ0) is 33.6. The fraction of sp³-hybridized carbons (Fsp3) is 0.424. The van der Waals surface area contributed by atoms with E-state index in [9.17, 15) is 18.5 Å². The summed E-state index contributed by atoms with van der Waals surface area (Å²) in [6.07, 6.45) is 7.82. The molecule has 0 aliphatic carbocycles. The molecule has 2 N–H and O–H groups in total. The average Bonchev–Trinajstić information content (AvgIpc) is 3.49. The van der Waals surface area contributed by atoms with Gasteiger partial charge in [-0.05, 0) is 94.0 Å². The number of ether oxygens (including phenoxy) is 1. The minimum atomic E-state index is -2.99. The lowest BCUT2D eigenvalue weighted by molar-refractivity contribution is -0.0498. The van der Waals surface area contributed by atoms with Crippen molar-refractivity contribution in [3.63, 3.8) is 0 Å². The molecule has 14 heteroatoms. The summed E-state index contributed by atoms with van der Waals surface area (Å²) in [5.74, 6) is 1.02. The van der Waals surface area contributed by atoms with E-state index >= 15 is 0 Å². The number of imidazole rings is 1. The molecular formula is C33H42F2N6O5P+. The van der Waals surface area contributed by atoms with Crippen LogP contribution in [0.25, 0.3) is 16.9 Å². The van der Waals surface area contributed by atoms with Crippen molar-refractivity contribution in [1.82, 2.24) is 23.9 Å². The van der Waals surface area contributed by atoms with Crippen LogP contribution < -0.4 is 10.1 Å². The highest BCUT2D eigenvalue weighted by molar-refractivity contribution is 7.58. The van der Waals surface area contributed by atoms with E-state index in [4.69, 9.17) is 9.05 Å². The second-order valence-electron chi connectivity index (χ2n) is 11.4. The first-order valence-corrected chi connectivity index (χ1v) is 17.3. The Balaban J connectivity index is 1.18. The van der Waals surface area contributed by atoms with Gasteiger partial charge in [0.25, 0.3) is 5.91 Å². The third-order valence-electron chi connectivity index (χ3n) is 8.29. The number of carbonyl (C=O) groups excluding carboxylic acids is 1. The van der Waals surface area contributed by atoms with Crippen molar-refractivity contribution in [2.24, 2.45) is 5.92 Å². The monoisotopic (exact) mass is 671 g/mol. The van der Waals surface area contributed by atoms with E-state index in [1.54, 1.807) is 35.6 Å². The van der Waals surface area contributed by atoms with Crippen LogP contribution in [0.4, 0.5) is 20.3 Å². The van der Waals surface area contributed by atoms with Crippen molar-refractivity contribution >= 4 is 31.2 Å². The predicted molar refractivity (Wildman–Crippen MR) is 178 cm³/mol. The van der Waals surface area contributed by atoms with Gasteiger partial charge in [-0.1, -0.05) is 0 Å². The molecule has 0 spiro atoms. The summed E-state index contributed by atoms with van der Waals surface area (Å²) in [5, 5.41) is 3.32. The van der Waals surface area contributed by atoms with Crippen LogP contribution in [-0.2, 0) is 9.05 Å². The molecule has 252 valence electrons. The van der Waals surface area contributed by atoms with E-state index < -0.39 is 14.7 Å². The molecule has 0 atom stereocenters. The maximum absolute atomic E-state index is 13.4. The summed E-state index contributed by atoms with van der Waals surface area (Å²) in [6.45, 7) is 5.57. The smallest absolute Gasteiger partial charge is 0.435 e. The van der Waals surface area contributed by atoms with Gasteiger partial charge in [-0.2, -0.15) is 22.7 Å². The Kier molecular flexibility index (Phi) is 11.4. The molecule has 47 heavy (non-hydrogen) atoms. The van der Waals surface area contributed by atoms with Crippen LogP contribution in [-0.4, -0.2) is 81.2 Å². The minimum Gasteiger partial charge on any atom is -0.435 e. The van der Waals surface area contributed by atoms with E-state index in [1.807, 2.05) is 55.1 Å². The normalized spacial score (nSPS) is 14.6. The van der Waals surface area contributed by atoms with Crippen molar-refractivity contribution in [3.8, 4) is 17.0 Å². The molecule has 11 nitrogen and oxygen atoms in total. The SMILES string of the molecule is CCO[P+](O)(OCC)N1CCC(CCN(C)C(=O)c2ccc(Nc3nccn4c(-c5ccc(OC(F)F)cc5)cnc34)cc2C)CC1. The molecule has 0 saturated carbocycles. The molecule has 0 radical (unpaired) electrons. The molecule has 2 aromatic carbocycles. The van der Waals surface area contributed by atoms with Crippen LogP contribution in [0.1, 0.15) is 49.0 Å². The number of aromatic nitrogens is 3. The molecule has 1 aliphatic heterocycles. The Morgan fingerprint density at radius 2 is 1.81 bits per heavy atom. The Morgan fingerprint density at radius 1 is 1.11 bits per heavy atom. The van der Waals surface area contributed by atoms with Gasteiger partial charge in [-0.15, -0.1) is 4.67 Å². The zero-order valence-corrected chi connectivity index (χ0v) is 28.0. The second kappa shape index (κ2) is 15.4. The van der Waals surface area contributed by atoms with Gasteiger partial charge in [0.1, 0.15) is 5.75 Å². The van der Waals surface area contributed by atoms with Crippen LogP contribution in [0.2, 0.25) is 0 Å². The number of rotatable bonds is 14. The van der Waals surface area contributed by atoms with Crippen molar-refractivity contribution in [1.29, 1.82) is 0 Å². The van der Waals surface area contributed by atoms with Crippen LogP contribution in [0, 0.1) is 12.8 Å². The number of carbonyl (C=O) groups is 1.